The lowest BCUT2D eigenvalue weighted by molar-refractivity contribution is 0.102. The van der Waals surface area contributed by atoms with Gasteiger partial charge in [0.05, 0.1) is 10.6 Å². The molecular formula is C19H22N4OS2. The fourth-order valence-corrected chi connectivity index (χ4v) is 4.57. The number of rotatable bonds is 8. The first-order valence-electron chi connectivity index (χ1n) is 8.47. The van der Waals surface area contributed by atoms with Crippen LogP contribution in [0.1, 0.15) is 28.7 Å². The van der Waals surface area contributed by atoms with Gasteiger partial charge in [0.15, 0.2) is 16.8 Å². The lowest BCUT2D eigenvalue weighted by atomic mass is 10.2. The molecular weight excluding hydrogens is 364 g/mol. The average molecular weight is 387 g/mol. The van der Waals surface area contributed by atoms with E-state index in [1.807, 2.05) is 43.5 Å². The molecule has 0 N–H and O–H groups in total. The highest BCUT2D eigenvalue weighted by atomic mass is 32.2. The van der Waals surface area contributed by atoms with E-state index in [0.29, 0.717) is 12.3 Å². The topological polar surface area (TPSA) is 52.7 Å². The molecule has 0 unspecified atom stereocenters. The third kappa shape index (κ3) is 3.54. The SMILES string of the molecule is C=CCn1c(C)cc(C(=O)CSc2nnc(-c3cccs3)n2CC)c1C. The molecule has 0 saturated heterocycles. The van der Waals surface area contributed by atoms with Gasteiger partial charge in [-0.2, -0.15) is 0 Å². The minimum Gasteiger partial charge on any atom is -0.345 e. The van der Waals surface area contributed by atoms with Crippen molar-refractivity contribution in [3.8, 4) is 10.7 Å². The van der Waals surface area contributed by atoms with E-state index in [2.05, 4.69) is 32.8 Å². The van der Waals surface area contributed by atoms with Gasteiger partial charge in [0.2, 0.25) is 0 Å². The molecule has 5 nitrogen and oxygen atoms in total. The first-order valence-corrected chi connectivity index (χ1v) is 10.3. The number of thiophene rings is 1. The van der Waals surface area contributed by atoms with Gasteiger partial charge in [-0.25, -0.2) is 0 Å². The Morgan fingerprint density at radius 3 is 2.81 bits per heavy atom. The van der Waals surface area contributed by atoms with Crippen molar-refractivity contribution in [1.29, 1.82) is 0 Å². The van der Waals surface area contributed by atoms with Gasteiger partial charge in [0, 0.05) is 30.0 Å². The van der Waals surface area contributed by atoms with E-state index < -0.39 is 0 Å². The molecule has 3 aromatic heterocycles. The third-order valence-electron chi connectivity index (χ3n) is 4.29. The maximum atomic E-state index is 12.7. The predicted molar refractivity (Wildman–Crippen MR) is 108 cm³/mol. The molecule has 0 bridgehead atoms. The fourth-order valence-electron chi connectivity index (χ4n) is 2.97. The van der Waals surface area contributed by atoms with Crippen LogP contribution >= 0.6 is 23.1 Å². The van der Waals surface area contributed by atoms with Crippen LogP contribution < -0.4 is 0 Å². The fraction of sp³-hybridized carbons (Fsp3) is 0.316. The Morgan fingerprint density at radius 2 is 2.15 bits per heavy atom. The molecule has 0 spiro atoms. The van der Waals surface area contributed by atoms with Crippen molar-refractivity contribution >= 4 is 28.9 Å². The number of aromatic nitrogens is 4. The Hall–Kier alpha value is -2.12. The molecule has 0 saturated carbocycles. The number of hydrogen-bond acceptors (Lipinski definition) is 5. The number of ketones is 1. The lowest BCUT2D eigenvalue weighted by Crippen LogP contribution is -2.07. The summed E-state index contributed by atoms with van der Waals surface area (Å²) in [5, 5.41) is 11.4. The quantitative estimate of drug-likeness (QED) is 0.322. The molecule has 26 heavy (non-hydrogen) atoms. The molecule has 0 aliphatic rings. The molecule has 0 aliphatic carbocycles. The van der Waals surface area contributed by atoms with Crippen molar-refractivity contribution in [2.24, 2.45) is 0 Å². The summed E-state index contributed by atoms with van der Waals surface area (Å²) in [6.07, 6.45) is 1.85. The summed E-state index contributed by atoms with van der Waals surface area (Å²) in [4.78, 5) is 13.8. The second-order valence-electron chi connectivity index (χ2n) is 5.92. The number of allylic oxidation sites excluding steroid dienone is 1. The first kappa shape index (κ1) is 18.7. The van der Waals surface area contributed by atoms with Crippen LogP contribution in [-0.2, 0) is 13.1 Å². The number of nitrogens with zero attached hydrogens (tertiary/aromatic N) is 4. The molecule has 0 amide bonds. The Morgan fingerprint density at radius 1 is 1.35 bits per heavy atom. The van der Waals surface area contributed by atoms with E-state index in [4.69, 9.17) is 0 Å². The molecule has 3 aromatic rings. The van der Waals surface area contributed by atoms with Gasteiger partial charge < -0.3 is 9.13 Å². The van der Waals surface area contributed by atoms with E-state index in [1.54, 1.807) is 11.3 Å². The molecule has 3 heterocycles. The summed E-state index contributed by atoms with van der Waals surface area (Å²) in [6.45, 7) is 11.3. The number of carbonyl (C=O) groups excluding carboxylic acids is 1. The molecule has 0 aliphatic heterocycles. The summed E-state index contributed by atoms with van der Waals surface area (Å²) in [7, 11) is 0. The van der Waals surface area contributed by atoms with Crippen LogP contribution in [0.5, 0.6) is 0 Å². The van der Waals surface area contributed by atoms with Crippen molar-refractivity contribution in [3.63, 3.8) is 0 Å². The monoisotopic (exact) mass is 386 g/mol. The van der Waals surface area contributed by atoms with Crippen molar-refractivity contribution in [2.45, 2.75) is 39.0 Å². The second kappa shape index (κ2) is 8.05. The smallest absolute Gasteiger partial charge is 0.191 e. The van der Waals surface area contributed by atoms with Crippen LogP contribution in [0.4, 0.5) is 0 Å². The standard InChI is InChI=1S/C19H22N4OS2/c1-5-9-23-13(3)11-15(14(23)4)16(24)12-26-19-21-20-18(22(19)6-2)17-8-7-10-25-17/h5,7-8,10-11H,1,6,9,12H2,2-4H3. The summed E-state index contributed by atoms with van der Waals surface area (Å²) in [6, 6.07) is 6.00. The van der Waals surface area contributed by atoms with Crippen molar-refractivity contribution in [1.82, 2.24) is 19.3 Å². The minimum absolute atomic E-state index is 0.113. The summed E-state index contributed by atoms with van der Waals surface area (Å²) in [5.41, 5.74) is 2.84. The Balaban J connectivity index is 1.76. The summed E-state index contributed by atoms with van der Waals surface area (Å²) >= 11 is 3.09. The highest BCUT2D eigenvalue weighted by molar-refractivity contribution is 7.99. The van der Waals surface area contributed by atoms with Gasteiger partial charge in [-0.1, -0.05) is 23.9 Å². The maximum absolute atomic E-state index is 12.7. The van der Waals surface area contributed by atoms with Crippen LogP contribution in [0.25, 0.3) is 10.7 Å². The van der Waals surface area contributed by atoms with Crippen LogP contribution in [0.3, 0.4) is 0 Å². The van der Waals surface area contributed by atoms with Crippen LogP contribution in [0.2, 0.25) is 0 Å². The van der Waals surface area contributed by atoms with E-state index in [1.165, 1.54) is 11.8 Å². The van der Waals surface area contributed by atoms with E-state index in [9.17, 15) is 4.79 Å². The lowest BCUT2D eigenvalue weighted by Gasteiger charge is -2.07. The van der Waals surface area contributed by atoms with Crippen LogP contribution in [0, 0.1) is 13.8 Å². The van der Waals surface area contributed by atoms with E-state index in [-0.39, 0.29) is 5.78 Å². The highest BCUT2D eigenvalue weighted by Crippen LogP contribution is 2.28. The normalized spacial score (nSPS) is 11.0. The van der Waals surface area contributed by atoms with Gasteiger partial charge in [-0.3, -0.25) is 4.79 Å². The largest absolute Gasteiger partial charge is 0.345 e. The van der Waals surface area contributed by atoms with Crippen LogP contribution in [-0.4, -0.2) is 30.9 Å². The van der Waals surface area contributed by atoms with Gasteiger partial charge in [-0.05, 0) is 38.3 Å². The van der Waals surface area contributed by atoms with Crippen LogP contribution in [0.15, 0.2) is 41.4 Å². The zero-order valence-corrected chi connectivity index (χ0v) is 16.9. The van der Waals surface area contributed by atoms with Gasteiger partial charge in [0.1, 0.15) is 0 Å². The number of Topliss-reactive ketones (excluding diaryl/α,β-unsaturated/α-hetero) is 1. The van der Waals surface area contributed by atoms with E-state index in [0.717, 1.165) is 39.4 Å². The minimum atomic E-state index is 0.113. The van der Waals surface area contributed by atoms with Gasteiger partial charge >= 0.3 is 0 Å². The zero-order valence-electron chi connectivity index (χ0n) is 15.2. The predicted octanol–water partition coefficient (Wildman–Crippen LogP) is 4.61. The van der Waals surface area contributed by atoms with Crippen molar-refractivity contribution < 1.29 is 4.79 Å². The molecule has 0 fully saturated rings. The Kier molecular flexibility index (Phi) is 5.78. The molecule has 3 rings (SSSR count). The Labute approximate surface area is 161 Å². The first-order chi connectivity index (χ1) is 12.6. The number of hydrogen-bond donors (Lipinski definition) is 0. The highest BCUT2D eigenvalue weighted by Gasteiger charge is 2.18. The van der Waals surface area contributed by atoms with E-state index >= 15 is 0 Å². The number of aryl methyl sites for hydroxylation is 1. The third-order valence-corrected chi connectivity index (χ3v) is 6.13. The molecule has 7 heteroatoms. The van der Waals surface area contributed by atoms with Crippen molar-refractivity contribution in [3.05, 3.63) is 53.2 Å². The Bertz CT molecular complexity index is 922. The molecule has 0 aromatic carbocycles. The van der Waals surface area contributed by atoms with Crippen molar-refractivity contribution in [2.75, 3.05) is 5.75 Å². The summed E-state index contributed by atoms with van der Waals surface area (Å²) in [5.74, 6) is 1.32. The average Bonchev–Trinajstić information content (AvgIpc) is 3.34. The molecule has 0 atom stereocenters. The second-order valence-corrected chi connectivity index (χ2v) is 7.81. The summed E-state index contributed by atoms with van der Waals surface area (Å²) < 4.78 is 4.17. The van der Waals surface area contributed by atoms with Gasteiger partial charge in [0.25, 0.3) is 0 Å². The number of carbonyl (C=O) groups is 1. The molecule has 136 valence electrons. The molecule has 0 radical (unpaired) electrons. The number of thioether (sulfide) groups is 1. The maximum Gasteiger partial charge on any atom is 0.191 e. The van der Waals surface area contributed by atoms with Gasteiger partial charge in [-0.15, -0.1) is 28.1 Å². The zero-order chi connectivity index (χ0) is 18.7.